The van der Waals surface area contributed by atoms with Crippen molar-refractivity contribution in [2.45, 2.75) is 4.90 Å². The highest BCUT2D eigenvalue weighted by atomic mass is 32.2. The van der Waals surface area contributed by atoms with Crippen molar-refractivity contribution >= 4 is 32.5 Å². The van der Waals surface area contributed by atoms with Gasteiger partial charge in [0.1, 0.15) is 6.07 Å². The highest BCUT2D eigenvalue weighted by Crippen LogP contribution is 2.26. The lowest BCUT2D eigenvalue weighted by Crippen LogP contribution is -2.50. The van der Waals surface area contributed by atoms with Gasteiger partial charge in [0.2, 0.25) is 10.0 Å². The summed E-state index contributed by atoms with van der Waals surface area (Å²) in [6, 6.07) is 12.1. The van der Waals surface area contributed by atoms with Crippen LogP contribution < -0.4 is 0 Å². The van der Waals surface area contributed by atoms with Crippen LogP contribution in [0.2, 0.25) is 0 Å². The number of hydrogen-bond donors (Lipinski definition) is 1. The van der Waals surface area contributed by atoms with Crippen molar-refractivity contribution in [3.05, 3.63) is 69.9 Å². The maximum Gasteiger partial charge on any atom is 0.270 e. The molecular formula is C20H17N5O5S. The van der Waals surface area contributed by atoms with Gasteiger partial charge in [-0.1, -0.05) is 12.1 Å². The Kier molecular flexibility index (Phi) is 5.18. The Balaban J connectivity index is 1.53. The second kappa shape index (κ2) is 7.82. The minimum atomic E-state index is -3.87. The van der Waals surface area contributed by atoms with Gasteiger partial charge in [0.25, 0.3) is 11.6 Å². The molecule has 0 aliphatic carbocycles. The van der Waals surface area contributed by atoms with E-state index in [-0.39, 0.29) is 48.2 Å². The lowest BCUT2D eigenvalue weighted by Gasteiger charge is -2.34. The number of aromatic amines is 1. The summed E-state index contributed by atoms with van der Waals surface area (Å²) in [5.41, 5.74) is 0.850. The number of sulfonamides is 1. The molecule has 2 heterocycles. The van der Waals surface area contributed by atoms with E-state index in [9.17, 15) is 28.6 Å². The zero-order chi connectivity index (χ0) is 22.2. The quantitative estimate of drug-likeness (QED) is 0.487. The number of amides is 1. The summed E-state index contributed by atoms with van der Waals surface area (Å²) in [7, 11) is -3.87. The Hall–Kier alpha value is -3.75. The normalized spacial score (nSPS) is 15.0. The molecule has 1 aliphatic heterocycles. The van der Waals surface area contributed by atoms with Crippen LogP contribution >= 0.6 is 0 Å². The summed E-state index contributed by atoms with van der Waals surface area (Å²) >= 11 is 0. The average Bonchev–Trinajstić information content (AvgIpc) is 3.21. The Morgan fingerprint density at radius 3 is 2.52 bits per heavy atom. The van der Waals surface area contributed by atoms with E-state index in [1.165, 1.54) is 39.7 Å². The van der Waals surface area contributed by atoms with Crippen LogP contribution in [-0.4, -0.2) is 59.6 Å². The summed E-state index contributed by atoms with van der Waals surface area (Å²) in [6.45, 7) is 0.482. The molecule has 10 nitrogen and oxygen atoms in total. The number of piperazine rings is 1. The van der Waals surface area contributed by atoms with E-state index in [0.29, 0.717) is 16.5 Å². The number of nitro benzene ring substituents is 1. The van der Waals surface area contributed by atoms with Crippen LogP contribution in [0.5, 0.6) is 0 Å². The maximum atomic E-state index is 13.0. The van der Waals surface area contributed by atoms with Crippen LogP contribution in [0.1, 0.15) is 15.9 Å². The van der Waals surface area contributed by atoms with Crippen molar-refractivity contribution in [1.82, 2.24) is 14.2 Å². The van der Waals surface area contributed by atoms with Crippen LogP contribution in [0.25, 0.3) is 10.9 Å². The van der Waals surface area contributed by atoms with Crippen molar-refractivity contribution in [1.29, 1.82) is 5.26 Å². The lowest BCUT2D eigenvalue weighted by atomic mass is 10.1. The molecule has 3 aromatic rings. The van der Waals surface area contributed by atoms with E-state index in [1.54, 1.807) is 18.2 Å². The molecule has 1 aromatic heterocycles. The Labute approximate surface area is 177 Å². The molecule has 11 heteroatoms. The SMILES string of the molecule is N#Cc1ccccc1S(=O)(=O)N1CCN(C(=O)c2c[nH]c3ccc([N+](=O)[O-])cc23)CC1. The van der Waals surface area contributed by atoms with Gasteiger partial charge in [-0.2, -0.15) is 9.57 Å². The van der Waals surface area contributed by atoms with Crippen LogP contribution in [0.15, 0.2) is 53.6 Å². The lowest BCUT2D eigenvalue weighted by molar-refractivity contribution is -0.384. The van der Waals surface area contributed by atoms with E-state index in [2.05, 4.69) is 4.98 Å². The third-order valence-electron chi connectivity index (χ3n) is 5.26. The van der Waals surface area contributed by atoms with Gasteiger partial charge in [-0.3, -0.25) is 14.9 Å². The number of nitrogens with zero attached hydrogens (tertiary/aromatic N) is 4. The minimum Gasteiger partial charge on any atom is -0.360 e. The monoisotopic (exact) mass is 439 g/mol. The summed E-state index contributed by atoms with van der Waals surface area (Å²) in [6.07, 6.45) is 1.50. The molecule has 1 aliphatic rings. The zero-order valence-electron chi connectivity index (χ0n) is 16.2. The number of nitrogens with one attached hydrogen (secondary N) is 1. The van der Waals surface area contributed by atoms with Crippen molar-refractivity contribution in [3.8, 4) is 6.07 Å². The van der Waals surface area contributed by atoms with Crippen molar-refractivity contribution < 1.29 is 18.1 Å². The Bertz CT molecular complexity index is 1330. The van der Waals surface area contributed by atoms with Crippen molar-refractivity contribution in [2.75, 3.05) is 26.2 Å². The van der Waals surface area contributed by atoms with Gasteiger partial charge < -0.3 is 9.88 Å². The summed E-state index contributed by atoms with van der Waals surface area (Å²) < 4.78 is 27.2. The molecule has 0 atom stereocenters. The number of nitro groups is 1. The molecule has 1 saturated heterocycles. The molecule has 1 N–H and O–H groups in total. The molecule has 31 heavy (non-hydrogen) atoms. The molecule has 0 unspecified atom stereocenters. The first kappa shape index (κ1) is 20.5. The number of aromatic nitrogens is 1. The van der Waals surface area contributed by atoms with Gasteiger partial charge in [0.15, 0.2) is 0 Å². The fraction of sp³-hybridized carbons (Fsp3) is 0.200. The van der Waals surface area contributed by atoms with E-state index in [1.807, 2.05) is 6.07 Å². The standard InChI is InChI=1S/C20H17N5O5S/c21-12-14-3-1-2-4-19(14)31(29,30)24-9-7-23(8-10-24)20(26)17-13-22-18-6-5-15(25(27)28)11-16(17)18/h1-6,11,13,22H,7-10H2. The predicted molar refractivity (Wildman–Crippen MR) is 111 cm³/mol. The van der Waals surface area contributed by atoms with Crippen LogP contribution in [0.3, 0.4) is 0 Å². The largest absolute Gasteiger partial charge is 0.360 e. The highest BCUT2D eigenvalue weighted by molar-refractivity contribution is 7.89. The van der Waals surface area contributed by atoms with E-state index in [4.69, 9.17) is 0 Å². The molecule has 2 aromatic carbocycles. The first-order valence-corrected chi connectivity index (χ1v) is 10.8. The van der Waals surface area contributed by atoms with Gasteiger partial charge >= 0.3 is 0 Å². The number of carbonyl (C=O) groups is 1. The van der Waals surface area contributed by atoms with Gasteiger partial charge in [0.05, 0.1) is 20.9 Å². The number of fused-ring (bicyclic) bond motifs is 1. The Morgan fingerprint density at radius 2 is 1.84 bits per heavy atom. The van der Waals surface area contributed by atoms with E-state index in [0.717, 1.165) is 0 Å². The topological polar surface area (TPSA) is 140 Å². The second-order valence-electron chi connectivity index (χ2n) is 6.99. The molecule has 0 spiro atoms. The van der Waals surface area contributed by atoms with E-state index < -0.39 is 14.9 Å². The molecule has 0 saturated carbocycles. The number of hydrogen-bond acceptors (Lipinski definition) is 6. The van der Waals surface area contributed by atoms with Crippen LogP contribution in [0, 0.1) is 21.4 Å². The van der Waals surface area contributed by atoms with Crippen molar-refractivity contribution in [2.24, 2.45) is 0 Å². The Morgan fingerprint density at radius 1 is 1.13 bits per heavy atom. The maximum absolute atomic E-state index is 13.0. The first-order chi connectivity index (χ1) is 14.8. The van der Waals surface area contributed by atoms with Crippen LogP contribution in [-0.2, 0) is 10.0 Å². The summed E-state index contributed by atoms with van der Waals surface area (Å²) in [5, 5.41) is 20.7. The number of rotatable bonds is 4. The molecule has 4 rings (SSSR count). The van der Waals surface area contributed by atoms with Gasteiger partial charge in [-0.25, -0.2) is 8.42 Å². The highest BCUT2D eigenvalue weighted by Gasteiger charge is 2.32. The molecule has 1 amide bonds. The third kappa shape index (κ3) is 3.63. The van der Waals surface area contributed by atoms with Gasteiger partial charge in [-0.05, 0) is 18.2 Å². The summed E-state index contributed by atoms with van der Waals surface area (Å²) in [4.78, 5) is 27.9. The molecule has 158 valence electrons. The first-order valence-electron chi connectivity index (χ1n) is 9.37. The van der Waals surface area contributed by atoms with E-state index >= 15 is 0 Å². The minimum absolute atomic E-state index is 0.0544. The van der Waals surface area contributed by atoms with Crippen LogP contribution in [0.4, 0.5) is 5.69 Å². The number of H-pyrrole nitrogens is 1. The number of benzene rings is 2. The fourth-order valence-electron chi connectivity index (χ4n) is 3.62. The molecule has 0 bridgehead atoms. The smallest absolute Gasteiger partial charge is 0.270 e. The molecule has 0 radical (unpaired) electrons. The number of carbonyl (C=O) groups excluding carboxylic acids is 1. The summed E-state index contributed by atoms with van der Waals surface area (Å²) in [5.74, 6) is -0.332. The number of nitriles is 1. The molecular weight excluding hydrogens is 422 g/mol. The number of non-ortho nitro benzene ring substituents is 1. The average molecular weight is 439 g/mol. The van der Waals surface area contributed by atoms with Gasteiger partial charge in [-0.15, -0.1) is 0 Å². The second-order valence-corrected chi connectivity index (χ2v) is 8.90. The molecule has 1 fully saturated rings. The third-order valence-corrected chi connectivity index (χ3v) is 7.21. The zero-order valence-corrected chi connectivity index (χ0v) is 17.0. The van der Waals surface area contributed by atoms with Crippen molar-refractivity contribution in [3.63, 3.8) is 0 Å². The predicted octanol–water partition coefficient (Wildman–Crippen LogP) is 2.09. The van der Waals surface area contributed by atoms with Gasteiger partial charge in [0, 0.05) is 55.4 Å². The fourth-order valence-corrected chi connectivity index (χ4v) is 5.19.